The molecule has 0 bridgehead atoms. The van der Waals surface area contributed by atoms with Crippen molar-refractivity contribution >= 4 is 11.6 Å². The molecule has 1 heterocycles. The van der Waals surface area contributed by atoms with Crippen LogP contribution in [0.2, 0.25) is 0 Å². The first-order valence-corrected chi connectivity index (χ1v) is 8.53. The Balaban J connectivity index is 1.61. The van der Waals surface area contributed by atoms with Crippen molar-refractivity contribution in [3.8, 4) is 5.75 Å². The summed E-state index contributed by atoms with van der Waals surface area (Å²) in [5.41, 5.74) is 2.00. The number of carbonyl (C=O) groups is 1. The number of fused-ring (bicyclic) bond motifs is 1. The fourth-order valence-corrected chi connectivity index (χ4v) is 3.47. The van der Waals surface area contributed by atoms with Crippen LogP contribution in [0.4, 0.5) is 5.69 Å². The van der Waals surface area contributed by atoms with Crippen LogP contribution < -0.4 is 15.4 Å². The van der Waals surface area contributed by atoms with Crippen LogP contribution in [0.3, 0.4) is 0 Å². The quantitative estimate of drug-likeness (QED) is 0.900. The van der Waals surface area contributed by atoms with Crippen molar-refractivity contribution < 1.29 is 9.53 Å². The molecule has 0 spiro atoms. The van der Waals surface area contributed by atoms with Crippen LogP contribution in [-0.4, -0.2) is 19.1 Å². The van der Waals surface area contributed by atoms with E-state index in [1.165, 1.54) is 19.3 Å². The molecule has 1 aromatic carbocycles. The fourth-order valence-electron chi connectivity index (χ4n) is 3.47. The van der Waals surface area contributed by atoms with Crippen molar-refractivity contribution in [2.75, 3.05) is 18.5 Å². The standard InChI is InChI=1S/C18H26N2O2/c1-2-13-3-5-14(6-4-13)18(21)20-16-7-8-17-15(11-16)12-19-9-10-22-17/h7-8,11,13-14,19H,2-6,9-10,12H2,1H3,(H,20,21). The SMILES string of the molecule is CCC1CCC(C(=O)Nc2ccc3c(c2)CNCCO3)CC1. The van der Waals surface area contributed by atoms with Gasteiger partial charge in [-0.3, -0.25) is 4.79 Å². The molecule has 0 aromatic heterocycles. The third-order valence-corrected chi connectivity index (χ3v) is 4.97. The molecule has 0 atom stereocenters. The van der Waals surface area contributed by atoms with E-state index in [4.69, 9.17) is 4.74 Å². The van der Waals surface area contributed by atoms with Crippen molar-refractivity contribution in [2.45, 2.75) is 45.6 Å². The molecule has 1 aliphatic carbocycles. The number of ether oxygens (including phenoxy) is 1. The molecule has 1 aromatic rings. The van der Waals surface area contributed by atoms with E-state index < -0.39 is 0 Å². The molecule has 0 unspecified atom stereocenters. The summed E-state index contributed by atoms with van der Waals surface area (Å²) in [5.74, 6) is 2.10. The minimum absolute atomic E-state index is 0.177. The zero-order valence-corrected chi connectivity index (χ0v) is 13.4. The smallest absolute Gasteiger partial charge is 0.227 e. The zero-order valence-electron chi connectivity index (χ0n) is 13.4. The van der Waals surface area contributed by atoms with E-state index in [0.717, 1.165) is 48.8 Å². The number of hydrogen-bond acceptors (Lipinski definition) is 3. The van der Waals surface area contributed by atoms with E-state index in [-0.39, 0.29) is 11.8 Å². The fraction of sp³-hybridized carbons (Fsp3) is 0.611. The van der Waals surface area contributed by atoms with Crippen LogP contribution in [0.1, 0.15) is 44.6 Å². The highest BCUT2D eigenvalue weighted by Crippen LogP contribution is 2.32. The van der Waals surface area contributed by atoms with E-state index in [0.29, 0.717) is 6.61 Å². The Morgan fingerprint density at radius 3 is 2.91 bits per heavy atom. The first kappa shape index (κ1) is 15.3. The summed E-state index contributed by atoms with van der Waals surface area (Å²) in [6.45, 7) is 4.59. The second-order valence-corrected chi connectivity index (χ2v) is 6.46. The lowest BCUT2D eigenvalue weighted by Crippen LogP contribution is -2.27. The Hall–Kier alpha value is -1.55. The third-order valence-electron chi connectivity index (χ3n) is 4.97. The van der Waals surface area contributed by atoms with E-state index in [1.54, 1.807) is 0 Å². The molecule has 0 radical (unpaired) electrons. The van der Waals surface area contributed by atoms with Gasteiger partial charge in [0, 0.05) is 30.3 Å². The maximum absolute atomic E-state index is 12.4. The van der Waals surface area contributed by atoms with E-state index >= 15 is 0 Å². The first-order valence-electron chi connectivity index (χ1n) is 8.53. The minimum Gasteiger partial charge on any atom is -0.492 e. The number of anilines is 1. The van der Waals surface area contributed by atoms with Gasteiger partial charge >= 0.3 is 0 Å². The number of benzene rings is 1. The predicted octanol–water partition coefficient (Wildman–Crippen LogP) is 3.32. The van der Waals surface area contributed by atoms with Gasteiger partial charge in [-0.25, -0.2) is 0 Å². The van der Waals surface area contributed by atoms with Gasteiger partial charge in [0.15, 0.2) is 0 Å². The van der Waals surface area contributed by atoms with Gasteiger partial charge in [0.25, 0.3) is 0 Å². The molecule has 1 saturated carbocycles. The average molecular weight is 302 g/mol. The second kappa shape index (κ2) is 7.14. The number of hydrogen-bond donors (Lipinski definition) is 2. The van der Waals surface area contributed by atoms with Crippen molar-refractivity contribution in [3.05, 3.63) is 23.8 Å². The molecule has 3 rings (SSSR count). The van der Waals surface area contributed by atoms with E-state index in [9.17, 15) is 4.79 Å². The molecule has 22 heavy (non-hydrogen) atoms. The molecule has 1 fully saturated rings. The van der Waals surface area contributed by atoms with Crippen molar-refractivity contribution in [1.29, 1.82) is 0 Å². The molecular weight excluding hydrogens is 276 g/mol. The van der Waals surface area contributed by atoms with Crippen LogP contribution in [-0.2, 0) is 11.3 Å². The Morgan fingerprint density at radius 2 is 2.14 bits per heavy atom. The van der Waals surface area contributed by atoms with Gasteiger partial charge in [-0.1, -0.05) is 13.3 Å². The summed E-state index contributed by atoms with van der Waals surface area (Å²) in [5, 5.41) is 6.41. The maximum Gasteiger partial charge on any atom is 0.227 e. The largest absolute Gasteiger partial charge is 0.492 e. The van der Waals surface area contributed by atoms with Gasteiger partial charge in [-0.15, -0.1) is 0 Å². The number of carbonyl (C=O) groups excluding carboxylic acids is 1. The minimum atomic E-state index is 0.177. The Labute approximate surface area is 132 Å². The van der Waals surface area contributed by atoms with Crippen LogP contribution in [0.5, 0.6) is 5.75 Å². The number of nitrogens with one attached hydrogen (secondary N) is 2. The highest BCUT2D eigenvalue weighted by molar-refractivity contribution is 5.92. The summed E-state index contributed by atoms with van der Waals surface area (Å²) in [6, 6.07) is 5.94. The normalized spacial score (nSPS) is 24.8. The second-order valence-electron chi connectivity index (χ2n) is 6.46. The van der Waals surface area contributed by atoms with Crippen LogP contribution >= 0.6 is 0 Å². The zero-order chi connectivity index (χ0) is 15.4. The van der Waals surface area contributed by atoms with Gasteiger partial charge in [0.2, 0.25) is 5.91 Å². The maximum atomic E-state index is 12.4. The van der Waals surface area contributed by atoms with Gasteiger partial charge in [-0.2, -0.15) is 0 Å². The lowest BCUT2D eigenvalue weighted by Gasteiger charge is -2.27. The van der Waals surface area contributed by atoms with Crippen LogP contribution in [0.25, 0.3) is 0 Å². The van der Waals surface area contributed by atoms with Crippen LogP contribution in [0, 0.1) is 11.8 Å². The molecule has 2 aliphatic rings. The summed E-state index contributed by atoms with van der Waals surface area (Å²) in [6.07, 6.45) is 5.68. The average Bonchev–Trinajstić information content (AvgIpc) is 2.79. The lowest BCUT2D eigenvalue weighted by atomic mass is 9.80. The molecule has 120 valence electrons. The summed E-state index contributed by atoms with van der Waals surface area (Å²) < 4.78 is 5.67. The Morgan fingerprint density at radius 1 is 1.32 bits per heavy atom. The van der Waals surface area contributed by atoms with Gasteiger partial charge < -0.3 is 15.4 Å². The highest BCUT2D eigenvalue weighted by atomic mass is 16.5. The summed E-state index contributed by atoms with van der Waals surface area (Å²) >= 11 is 0. The van der Waals surface area contributed by atoms with Crippen molar-refractivity contribution in [3.63, 3.8) is 0 Å². The third kappa shape index (κ3) is 3.61. The molecule has 2 N–H and O–H groups in total. The van der Waals surface area contributed by atoms with E-state index in [1.807, 2.05) is 18.2 Å². The number of rotatable bonds is 3. The monoisotopic (exact) mass is 302 g/mol. The molecule has 4 nitrogen and oxygen atoms in total. The lowest BCUT2D eigenvalue weighted by molar-refractivity contribution is -0.121. The van der Waals surface area contributed by atoms with E-state index in [2.05, 4.69) is 17.6 Å². The van der Waals surface area contributed by atoms with Crippen molar-refractivity contribution in [2.24, 2.45) is 11.8 Å². The summed E-state index contributed by atoms with van der Waals surface area (Å²) in [4.78, 5) is 12.4. The van der Waals surface area contributed by atoms with Crippen LogP contribution in [0.15, 0.2) is 18.2 Å². The Bertz CT molecular complexity index is 522. The molecular formula is C18H26N2O2. The first-order chi connectivity index (χ1) is 10.8. The van der Waals surface area contributed by atoms with Gasteiger partial charge in [0.05, 0.1) is 0 Å². The van der Waals surface area contributed by atoms with Gasteiger partial charge in [0.1, 0.15) is 12.4 Å². The topological polar surface area (TPSA) is 50.4 Å². The van der Waals surface area contributed by atoms with Crippen molar-refractivity contribution in [1.82, 2.24) is 5.32 Å². The Kier molecular flexibility index (Phi) is 4.98. The van der Waals surface area contributed by atoms with Gasteiger partial charge in [-0.05, 0) is 49.8 Å². The highest BCUT2D eigenvalue weighted by Gasteiger charge is 2.25. The summed E-state index contributed by atoms with van der Waals surface area (Å²) in [7, 11) is 0. The molecule has 1 aliphatic heterocycles. The number of amides is 1. The molecule has 1 amide bonds. The predicted molar refractivity (Wildman–Crippen MR) is 88.0 cm³/mol. The molecule has 4 heteroatoms. The molecule has 0 saturated heterocycles.